The number of nitrogens with one attached hydrogen (secondary N) is 4. The summed E-state index contributed by atoms with van der Waals surface area (Å²) >= 11 is 0. The number of primary amides is 1. The van der Waals surface area contributed by atoms with E-state index in [0.29, 0.717) is 40.1 Å². The van der Waals surface area contributed by atoms with Gasteiger partial charge in [0.05, 0.1) is 66.3 Å². The lowest BCUT2D eigenvalue weighted by molar-refractivity contribution is -0.118. The summed E-state index contributed by atoms with van der Waals surface area (Å²) < 4.78 is 53.1. The van der Waals surface area contributed by atoms with Gasteiger partial charge >= 0.3 is 12.1 Å². The number of hydrogen-bond acceptors (Lipinski definition) is 13. The van der Waals surface area contributed by atoms with E-state index in [1.807, 2.05) is 52.4 Å². The first-order chi connectivity index (χ1) is 37.1. The number of rotatable bonds is 15. The van der Waals surface area contributed by atoms with Gasteiger partial charge in [0.15, 0.2) is 0 Å². The van der Waals surface area contributed by atoms with Crippen molar-refractivity contribution in [3.63, 3.8) is 0 Å². The number of hydrogen-bond donors (Lipinski definition) is 5. The fourth-order valence-corrected chi connectivity index (χ4v) is 7.73. The molecule has 1 aliphatic rings. The third kappa shape index (κ3) is 14.9. The highest BCUT2D eigenvalue weighted by atomic mass is 19.1. The SMILES string of the molecule is Cn1nc(C(C)(C)C)cc1NC(=O)Nc1ccc(Oc2ccnc(-c3cnn(CC(N)=O)c3)c2)cc1F.Cn1nc(C(C)(C)C)cc1NC(=O)Nc1ccc(Oc2ccnc(-c3cnn(CCN4CCOCC4)c3)c2)cc1F. The second kappa shape index (κ2) is 23.9. The van der Waals surface area contributed by atoms with E-state index in [0.717, 1.165) is 56.3 Å². The zero-order chi connectivity index (χ0) is 55.7. The Hall–Kier alpha value is -9.03. The molecule has 1 aliphatic heterocycles. The first-order valence-corrected chi connectivity index (χ1v) is 24.9. The molecule has 22 nitrogen and oxygen atoms in total. The van der Waals surface area contributed by atoms with E-state index in [2.05, 4.69) is 56.5 Å². The predicted octanol–water partition coefficient (Wildman–Crippen LogP) is 8.92. The van der Waals surface area contributed by atoms with Gasteiger partial charge in [-0.3, -0.25) is 49.0 Å². The summed E-state index contributed by atoms with van der Waals surface area (Å²) in [5.41, 5.74) is 9.26. The van der Waals surface area contributed by atoms with Crippen molar-refractivity contribution in [3.8, 4) is 45.5 Å². The second-order valence-electron chi connectivity index (χ2n) is 20.3. The molecule has 78 heavy (non-hydrogen) atoms. The van der Waals surface area contributed by atoms with Crippen molar-refractivity contribution in [2.24, 2.45) is 19.8 Å². The average Bonchev–Trinajstić information content (AvgIpc) is 4.24. The summed E-state index contributed by atoms with van der Waals surface area (Å²) in [7, 11) is 3.45. The highest BCUT2D eigenvalue weighted by Crippen LogP contribution is 2.31. The third-order valence-corrected chi connectivity index (χ3v) is 12.0. The number of nitrogens with two attached hydrogens (primary N) is 1. The van der Waals surface area contributed by atoms with Crippen LogP contribution in [0.25, 0.3) is 22.5 Å². The van der Waals surface area contributed by atoms with Crippen LogP contribution in [0.5, 0.6) is 23.0 Å². The van der Waals surface area contributed by atoms with Crippen molar-refractivity contribution in [1.29, 1.82) is 0 Å². The van der Waals surface area contributed by atoms with E-state index in [-0.39, 0.29) is 40.2 Å². The summed E-state index contributed by atoms with van der Waals surface area (Å²) in [4.78, 5) is 47.1. The lowest BCUT2D eigenvalue weighted by atomic mass is 9.92. The molecule has 0 bridgehead atoms. The Morgan fingerprint density at radius 3 is 1.50 bits per heavy atom. The second-order valence-corrected chi connectivity index (χ2v) is 20.3. The Kier molecular flexibility index (Phi) is 16.9. The van der Waals surface area contributed by atoms with Crippen molar-refractivity contribution < 1.29 is 37.4 Å². The fraction of sp³-hybridized carbons (Fsp3) is 0.315. The lowest BCUT2D eigenvalue weighted by Gasteiger charge is -2.26. The molecule has 1 fully saturated rings. The standard InChI is InChI=1S/C29H35FN8O3.C25H27FN8O3/c1-29(2,3)26-17-27(36(4)35-26)34-28(39)33-24-6-5-21(15-23(24)30)41-22-7-8-31-25(16-22)20-18-32-38(19-20)10-9-37-11-13-40-14-12-37;1-25(2,3)21-11-23(33(4)32-21)31-24(36)30-19-6-5-16(9-18(19)26)37-17-7-8-28-20(10-17)15-12-29-34(13-15)14-22(27)35/h5-8,15-19H,9-14H2,1-4H3,(H2,33,34,39);5-13H,14H2,1-4H3,(H2,27,35)(H2,30,31,36). The van der Waals surface area contributed by atoms with Gasteiger partial charge in [-0.1, -0.05) is 41.5 Å². The van der Waals surface area contributed by atoms with E-state index in [4.69, 9.17) is 19.9 Å². The molecule has 0 saturated carbocycles. The number of halogens is 2. The normalized spacial score (nSPS) is 12.8. The van der Waals surface area contributed by atoms with Crippen LogP contribution in [0, 0.1) is 11.6 Å². The zero-order valence-electron chi connectivity index (χ0n) is 44.5. The van der Waals surface area contributed by atoms with Crippen LogP contribution in [0.4, 0.5) is 41.4 Å². The number of urea groups is 2. The number of anilines is 4. The Labute approximate surface area is 448 Å². The van der Waals surface area contributed by atoms with Crippen LogP contribution < -0.4 is 36.5 Å². The molecule has 0 aliphatic carbocycles. The van der Waals surface area contributed by atoms with E-state index in [1.165, 1.54) is 41.2 Å². The number of aryl methyl sites for hydroxylation is 2. The number of carbonyl (C=O) groups is 3. The lowest BCUT2D eigenvalue weighted by Crippen LogP contribution is -2.38. The molecule has 0 unspecified atom stereocenters. The number of pyridine rings is 2. The molecule has 7 heterocycles. The molecular weight excluding hydrogens is 1010 g/mol. The van der Waals surface area contributed by atoms with Gasteiger partial charge in [-0.2, -0.15) is 20.4 Å². The van der Waals surface area contributed by atoms with Crippen LogP contribution in [0.3, 0.4) is 0 Å². The first-order valence-electron chi connectivity index (χ1n) is 24.9. The first kappa shape index (κ1) is 55.2. The summed E-state index contributed by atoms with van der Waals surface area (Å²) in [5.74, 6) is 0.601. The van der Waals surface area contributed by atoms with Crippen molar-refractivity contribution in [2.45, 2.75) is 65.5 Å². The number of ether oxygens (including phenoxy) is 3. The topological polar surface area (TPSA) is 253 Å². The number of nitrogens with zero attached hydrogens (tertiary/aromatic N) is 11. The zero-order valence-corrected chi connectivity index (χ0v) is 44.5. The van der Waals surface area contributed by atoms with Crippen LogP contribution in [0.15, 0.2) is 110 Å². The number of carbonyl (C=O) groups excluding carboxylic acids is 3. The molecular formula is C54H62F2N16O6. The largest absolute Gasteiger partial charge is 0.457 e. The van der Waals surface area contributed by atoms with Gasteiger partial charge in [-0.25, -0.2) is 18.4 Å². The number of amides is 5. The molecule has 6 aromatic heterocycles. The van der Waals surface area contributed by atoms with Crippen LogP contribution in [0.2, 0.25) is 0 Å². The highest BCUT2D eigenvalue weighted by molar-refractivity contribution is 6.00. The van der Waals surface area contributed by atoms with Gasteiger partial charge in [-0.05, 0) is 36.4 Å². The minimum Gasteiger partial charge on any atom is -0.457 e. The average molecular weight is 1070 g/mol. The maximum absolute atomic E-state index is 14.9. The number of aromatic nitrogens is 10. The summed E-state index contributed by atoms with van der Waals surface area (Å²) in [6, 6.07) is 17.5. The van der Waals surface area contributed by atoms with Crippen molar-refractivity contribution in [3.05, 3.63) is 133 Å². The van der Waals surface area contributed by atoms with Gasteiger partial charge in [0.1, 0.15) is 52.8 Å². The van der Waals surface area contributed by atoms with Gasteiger partial charge in [0.25, 0.3) is 0 Å². The maximum Gasteiger partial charge on any atom is 0.324 e. The molecule has 0 atom stereocenters. The third-order valence-electron chi connectivity index (χ3n) is 12.0. The Morgan fingerprint density at radius 2 is 1.06 bits per heavy atom. The molecule has 2 aromatic carbocycles. The van der Waals surface area contributed by atoms with E-state index < -0.39 is 29.6 Å². The summed E-state index contributed by atoms with van der Waals surface area (Å²) in [6.07, 6.45) is 10.1. The van der Waals surface area contributed by atoms with Crippen molar-refractivity contribution >= 4 is 41.0 Å². The predicted molar refractivity (Wildman–Crippen MR) is 289 cm³/mol. The Morgan fingerprint density at radius 1 is 0.615 bits per heavy atom. The van der Waals surface area contributed by atoms with Gasteiger partial charge in [0.2, 0.25) is 5.91 Å². The van der Waals surface area contributed by atoms with Crippen LogP contribution in [-0.2, 0) is 47.5 Å². The number of morpholine rings is 1. The quantitative estimate of drug-likeness (QED) is 0.0644. The number of benzene rings is 2. The van der Waals surface area contributed by atoms with Crippen LogP contribution in [0.1, 0.15) is 52.9 Å². The molecule has 1 saturated heterocycles. The summed E-state index contributed by atoms with van der Waals surface area (Å²) in [5, 5.41) is 27.8. The molecule has 5 amide bonds. The van der Waals surface area contributed by atoms with Gasteiger partial charge in [-0.15, -0.1) is 0 Å². The molecule has 0 radical (unpaired) electrons. The van der Waals surface area contributed by atoms with E-state index >= 15 is 0 Å². The van der Waals surface area contributed by atoms with E-state index in [9.17, 15) is 23.2 Å². The summed E-state index contributed by atoms with van der Waals surface area (Å²) in [6.45, 7) is 17.2. The van der Waals surface area contributed by atoms with Crippen molar-refractivity contribution in [2.75, 3.05) is 54.1 Å². The van der Waals surface area contributed by atoms with Gasteiger partial charge < -0.3 is 30.6 Å². The molecule has 0 spiro atoms. The molecule has 408 valence electrons. The minimum atomic E-state index is -0.671. The molecule has 24 heteroatoms. The monoisotopic (exact) mass is 1070 g/mol. The molecule has 9 rings (SSSR count). The van der Waals surface area contributed by atoms with Gasteiger partial charge in [0, 0.05) is 117 Å². The fourth-order valence-electron chi connectivity index (χ4n) is 7.73. The molecule has 8 aromatic rings. The van der Waals surface area contributed by atoms with E-state index in [1.54, 1.807) is 90.7 Å². The van der Waals surface area contributed by atoms with Crippen LogP contribution in [-0.4, -0.2) is 105 Å². The molecule has 6 N–H and O–H groups in total. The smallest absolute Gasteiger partial charge is 0.324 e. The minimum absolute atomic E-state index is 0.0136. The Bertz CT molecular complexity index is 3400. The maximum atomic E-state index is 14.9. The Balaban J connectivity index is 0.000000207. The van der Waals surface area contributed by atoms with Crippen LogP contribution >= 0.6 is 0 Å². The highest BCUT2D eigenvalue weighted by Gasteiger charge is 2.22. The van der Waals surface area contributed by atoms with Crippen molar-refractivity contribution in [1.82, 2.24) is 54.0 Å².